The molecule has 0 atom stereocenters. The number of nitrogens with zero attached hydrogens (tertiary/aromatic N) is 4. The number of likely N-dealkylation sites (tertiary alicyclic amines) is 1. The lowest BCUT2D eigenvalue weighted by Gasteiger charge is -2.39. The summed E-state index contributed by atoms with van der Waals surface area (Å²) in [5.41, 5.74) is 1.02. The van der Waals surface area contributed by atoms with Gasteiger partial charge < -0.3 is 19.8 Å². The minimum Gasteiger partial charge on any atom is -0.478 e. The van der Waals surface area contributed by atoms with Gasteiger partial charge in [0.05, 0.1) is 0 Å². The lowest BCUT2D eigenvalue weighted by atomic mass is 10.00. The number of amides is 1. The molecule has 2 heterocycles. The second kappa shape index (κ2) is 13.7. The van der Waals surface area contributed by atoms with Crippen LogP contribution >= 0.6 is 11.6 Å². The molecule has 1 aromatic carbocycles. The van der Waals surface area contributed by atoms with Crippen LogP contribution in [0.1, 0.15) is 37.8 Å². The molecule has 11 heteroatoms. The third-order valence-corrected chi connectivity index (χ3v) is 5.99. The van der Waals surface area contributed by atoms with Crippen molar-refractivity contribution in [2.75, 3.05) is 20.1 Å². The van der Waals surface area contributed by atoms with Crippen LogP contribution in [-0.2, 0) is 20.9 Å². The zero-order valence-corrected chi connectivity index (χ0v) is 22.2. The van der Waals surface area contributed by atoms with Gasteiger partial charge in [0.15, 0.2) is 5.60 Å². The maximum atomic E-state index is 13.1. The lowest BCUT2D eigenvalue weighted by molar-refractivity contribution is -0.147. The zero-order valence-electron chi connectivity index (χ0n) is 21.4. The number of ether oxygens (including phenoxy) is 1. The fraction of sp³-hybridized carbons (Fsp3) is 0.423. The Hall–Kier alpha value is -3.50. The third-order valence-electron chi connectivity index (χ3n) is 5.81. The SMILES string of the molecule is Cc1cnc(Cl)nc1OC(C)(C)C(=O)N(C)C1CCN(Cc2ccccc2)CC1.O=C(O)/C=C\C(=O)O. The van der Waals surface area contributed by atoms with Gasteiger partial charge in [-0.1, -0.05) is 30.3 Å². The minimum atomic E-state index is -1.26. The van der Waals surface area contributed by atoms with E-state index in [9.17, 15) is 14.4 Å². The van der Waals surface area contributed by atoms with E-state index >= 15 is 0 Å². The maximum Gasteiger partial charge on any atom is 0.328 e. The average Bonchev–Trinajstić information content (AvgIpc) is 2.85. The molecule has 10 nitrogen and oxygen atoms in total. The average molecular weight is 533 g/mol. The minimum absolute atomic E-state index is 0.0619. The Kier molecular flexibility index (Phi) is 11.0. The molecule has 3 rings (SSSR count). The largest absolute Gasteiger partial charge is 0.478 e. The first-order valence-electron chi connectivity index (χ1n) is 11.7. The molecule has 0 aliphatic carbocycles. The predicted octanol–water partition coefficient (Wildman–Crippen LogP) is 3.43. The van der Waals surface area contributed by atoms with Gasteiger partial charge in [0.1, 0.15) is 0 Å². The standard InChI is InChI=1S/C22H29ClN4O2.C4H4O4/c1-16-14-24-21(23)25-19(16)29-22(2,3)20(28)26(4)18-10-12-27(13-11-18)15-17-8-6-5-7-9-17;5-3(6)1-2-4(7)8/h5-9,14,18H,10-13,15H2,1-4H3;1-2H,(H,5,6)(H,7,8)/b;2-1-. The van der Waals surface area contributed by atoms with Crippen LogP contribution < -0.4 is 4.74 Å². The summed E-state index contributed by atoms with van der Waals surface area (Å²) in [6, 6.07) is 10.7. The fourth-order valence-corrected chi connectivity index (χ4v) is 3.96. The van der Waals surface area contributed by atoms with E-state index in [4.69, 9.17) is 26.6 Å². The zero-order chi connectivity index (χ0) is 27.6. The summed E-state index contributed by atoms with van der Waals surface area (Å²) < 4.78 is 5.95. The molecule has 0 bridgehead atoms. The Morgan fingerprint density at radius 1 is 1.14 bits per heavy atom. The number of aromatic nitrogens is 2. The Labute approximate surface area is 221 Å². The lowest BCUT2D eigenvalue weighted by Crippen LogP contribution is -2.53. The Bertz CT molecular complexity index is 1090. The number of aliphatic carboxylic acids is 2. The summed E-state index contributed by atoms with van der Waals surface area (Å²) in [5.74, 6) is -2.23. The number of hydrogen-bond donors (Lipinski definition) is 2. The molecule has 200 valence electrons. The number of hydrogen-bond acceptors (Lipinski definition) is 7. The van der Waals surface area contributed by atoms with Crippen molar-refractivity contribution in [3.05, 3.63) is 65.1 Å². The highest BCUT2D eigenvalue weighted by molar-refractivity contribution is 6.28. The Morgan fingerprint density at radius 3 is 2.24 bits per heavy atom. The van der Waals surface area contributed by atoms with Gasteiger partial charge in [0, 0.05) is 56.6 Å². The summed E-state index contributed by atoms with van der Waals surface area (Å²) in [5, 5.41) is 15.7. The van der Waals surface area contributed by atoms with E-state index in [1.807, 2.05) is 24.9 Å². The van der Waals surface area contributed by atoms with Crippen molar-refractivity contribution in [2.24, 2.45) is 0 Å². The van der Waals surface area contributed by atoms with Gasteiger partial charge >= 0.3 is 11.9 Å². The summed E-state index contributed by atoms with van der Waals surface area (Å²) in [6.07, 6.45) is 4.61. The normalized spacial score (nSPS) is 14.5. The summed E-state index contributed by atoms with van der Waals surface area (Å²) in [7, 11) is 1.87. The van der Waals surface area contributed by atoms with Crippen LogP contribution in [0.4, 0.5) is 0 Å². The highest BCUT2D eigenvalue weighted by Gasteiger charge is 2.37. The monoisotopic (exact) mass is 532 g/mol. The van der Waals surface area contributed by atoms with Crippen molar-refractivity contribution in [3.63, 3.8) is 0 Å². The van der Waals surface area contributed by atoms with Gasteiger partial charge in [-0.2, -0.15) is 4.98 Å². The second-order valence-corrected chi connectivity index (χ2v) is 9.50. The van der Waals surface area contributed by atoms with Crippen LogP contribution in [0.2, 0.25) is 5.28 Å². The predicted molar refractivity (Wildman–Crippen MR) is 138 cm³/mol. The van der Waals surface area contributed by atoms with Crippen LogP contribution in [0.25, 0.3) is 0 Å². The van der Waals surface area contributed by atoms with Crippen LogP contribution in [0, 0.1) is 6.92 Å². The molecule has 0 radical (unpaired) electrons. The molecule has 2 N–H and O–H groups in total. The van der Waals surface area contributed by atoms with Crippen LogP contribution in [0.15, 0.2) is 48.7 Å². The molecule has 1 aliphatic heterocycles. The van der Waals surface area contributed by atoms with Crippen LogP contribution in [0.3, 0.4) is 0 Å². The number of piperidine rings is 1. The number of halogens is 1. The van der Waals surface area contributed by atoms with E-state index in [2.05, 4.69) is 39.1 Å². The van der Waals surface area contributed by atoms with E-state index in [1.165, 1.54) is 5.56 Å². The maximum absolute atomic E-state index is 13.1. The number of likely N-dealkylation sites (N-methyl/N-ethyl adjacent to an activating group) is 1. The Balaban J connectivity index is 0.000000521. The summed E-state index contributed by atoms with van der Waals surface area (Å²) in [6.45, 7) is 8.27. The van der Waals surface area contributed by atoms with E-state index < -0.39 is 17.5 Å². The Morgan fingerprint density at radius 2 is 1.70 bits per heavy atom. The molecule has 2 aromatic rings. The molecule has 0 spiro atoms. The van der Waals surface area contributed by atoms with Gasteiger partial charge in [0.25, 0.3) is 5.91 Å². The highest BCUT2D eigenvalue weighted by atomic mass is 35.5. The molecular weight excluding hydrogens is 500 g/mol. The first-order valence-corrected chi connectivity index (χ1v) is 12.1. The van der Waals surface area contributed by atoms with Crippen LogP contribution in [0.5, 0.6) is 5.88 Å². The molecule has 37 heavy (non-hydrogen) atoms. The number of rotatable bonds is 8. The van der Waals surface area contributed by atoms with E-state index in [1.54, 1.807) is 20.0 Å². The first kappa shape index (κ1) is 29.7. The van der Waals surface area contributed by atoms with Gasteiger partial charge in [-0.25, -0.2) is 14.6 Å². The first-order chi connectivity index (χ1) is 17.4. The van der Waals surface area contributed by atoms with Gasteiger partial charge in [-0.05, 0) is 50.8 Å². The van der Waals surface area contributed by atoms with Gasteiger partial charge in [0.2, 0.25) is 11.2 Å². The molecule has 0 saturated carbocycles. The number of carbonyl (C=O) groups is 3. The van der Waals surface area contributed by atoms with Crippen molar-refractivity contribution in [1.29, 1.82) is 0 Å². The highest BCUT2D eigenvalue weighted by Crippen LogP contribution is 2.25. The molecule has 1 aromatic heterocycles. The topological polar surface area (TPSA) is 133 Å². The van der Waals surface area contributed by atoms with E-state index in [-0.39, 0.29) is 17.2 Å². The summed E-state index contributed by atoms with van der Waals surface area (Å²) >= 11 is 5.88. The van der Waals surface area contributed by atoms with Crippen molar-refractivity contribution >= 4 is 29.4 Å². The number of benzene rings is 1. The van der Waals surface area contributed by atoms with Crippen molar-refractivity contribution in [3.8, 4) is 5.88 Å². The van der Waals surface area contributed by atoms with Crippen molar-refractivity contribution in [2.45, 2.75) is 51.8 Å². The quantitative estimate of drug-likeness (QED) is 0.387. The number of aryl methyl sites for hydroxylation is 1. The number of carbonyl (C=O) groups excluding carboxylic acids is 1. The molecule has 1 amide bonds. The number of carboxylic acid groups (broad SMARTS) is 2. The number of carboxylic acids is 2. The van der Waals surface area contributed by atoms with E-state index in [0.717, 1.165) is 38.0 Å². The molecule has 1 aliphatic rings. The third kappa shape index (κ3) is 9.82. The van der Waals surface area contributed by atoms with Gasteiger partial charge in [-0.15, -0.1) is 0 Å². The van der Waals surface area contributed by atoms with Crippen LogP contribution in [-0.4, -0.2) is 79.6 Å². The molecule has 1 fully saturated rings. The second-order valence-electron chi connectivity index (χ2n) is 9.16. The van der Waals surface area contributed by atoms with E-state index in [0.29, 0.717) is 18.0 Å². The van der Waals surface area contributed by atoms with Gasteiger partial charge in [-0.3, -0.25) is 9.69 Å². The molecule has 1 saturated heterocycles. The van der Waals surface area contributed by atoms with Crippen molar-refractivity contribution in [1.82, 2.24) is 19.8 Å². The molecule has 0 unspecified atom stereocenters. The molecular formula is C26H33ClN4O6. The smallest absolute Gasteiger partial charge is 0.328 e. The summed E-state index contributed by atoms with van der Waals surface area (Å²) in [4.78, 5) is 44.6. The van der Waals surface area contributed by atoms with Crippen molar-refractivity contribution < 1.29 is 29.3 Å². The fourth-order valence-electron chi connectivity index (χ4n) is 3.83.